The highest BCUT2D eigenvalue weighted by Crippen LogP contribution is 2.21. The number of nitrogens with zero attached hydrogens (tertiary/aromatic N) is 3. The van der Waals surface area contributed by atoms with Gasteiger partial charge in [-0.15, -0.1) is 0 Å². The molecule has 3 rings (SSSR count). The van der Waals surface area contributed by atoms with E-state index < -0.39 is 0 Å². The minimum absolute atomic E-state index is 0.237. The second kappa shape index (κ2) is 6.77. The minimum atomic E-state index is 0.237. The molecule has 6 heteroatoms. The number of hydrogen-bond acceptors (Lipinski definition) is 5. The zero-order chi connectivity index (χ0) is 15.5. The topological polar surface area (TPSA) is 51.4 Å². The number of benzene rings is 1. The predicted molar refractivity (Wildman–Crippen MR) is 84.6 cm³/mol. The highest BCUT2D eigenvalue weighted by Gasteiger charge is 2.27. The maximum absolute atomic E-state index is 5.90. The van der Waals surface area contributed by atoms with Crippen LogP contribution in [-0.2, 0) is 11.3 Å². The summed E-state index contributed by atoms with van der Waals surface area (Å²) in [6, 6.07) is 7.83. The highest BCUT2D eigenvalue weighted by molar-refractivity contribution is 6.30. The van der Waals surface area contributed by atoms with E-state index in [9.17, 15) is 0 Å². The van der Waals surface area contributed by atoms with Gasteiger partial charge in [-0.2, -0.15) is 4.98 Å². The summed E-state index contributed by atoms with van der Waals surface area (Å²) in [6.07, 6.45) is 1.28. The van der Waals surface area contributed by atoms with E-state index in [0.717, 1.165) is 25.1 Å². The first kappa shape index (κ1) is 15.5. The lowest BCUT2D eigenvalue weighted by Gasteiger charge is -2.37. The number of rotatable bonds is 4. The van der Waals surface area contributed by atoms with Gasteiger partial charge in [0.1, 0.15) is 0 Å². The number of aromatic nitrogens is 2. The molecule has 0 amide bonds. The van der Waals surface area contributed by atoms with E-state index in [2.05, 4.69) is 28.9 Å². The summed E-state index contributed by atoms with van der Waals surface area (Å²) < 4.78 is 11.1. The van der Waals surface area contributed by atoms with Crippen molar-refractivity contribution in [3.05, 3.63) is 35.2 Å². The van der Waals surface area contributed by atoms with Gasteiger partial charge in [0.05, 0.1) is 19.3 Å². The van der Waals surface area contributed by atoms with Gasteiger partial charge in [-0.3, -0.25) is 4.90 Å². The molecule has 1 aromatic heterocycles. The maximum atomic E-state index is 5.90. The van der Waals surface area contributed by atoms with Crippen LogP contribution in [0.15, 0.2) is 28.8 Å². The molecule has 0 N–H and O–H groups in total. The van der Waals surface area contributed by atoms with Crippen LogP contribution in [0, 0.1) is 0 Å². The molecule has 1 aliphatic heterocycles. The fourth-order valence-electron chi connectivity index (χ4n) is 2.69. The lowest BCUT2D eigenvalue weighted by Crippen LogP contribution is -2.47. The number of morpholine rings is 1. The third kappa shape index (κ3) is 3.48. The molecular weight excluding hydrogens is 302 g/mol. The molecule has 2 heterocycles. The van der Waals surface area contributed by atoms with E-state index in [4.69, 9.17) is 20.9 Å². The van der Waals surface area contributed by atoms with Crippen LogP contribution in [0.2, 0.25) is 5.02 Å². The van der Waals surface area contributed by atoms with E-state index in [1.807, 2.05) is 24.3 Å². The fourth-order valence-corrected chi connectivity index (χ4v) is 2.82. The molecule has 2 aromatic rings. The van der Waals surface area contributed by atoms with Crippen LogP contribution in [-0.4, -0.2) is 40.3 Å². The van der Waals surface area contributed by atoms with Gasteiger partial charge in [0.15, 0.2) is 0 Å². The van der Waals surface area contributed by atoms with Crippen LogP contribution < -0.4 is 0 Å². The van der Waals surface area contributed by atoms with Gasteiger partial charge in [0, 0.05) is 23.2 Å². The van der Waals surface area contributed by atoms with Gasteiger partial charge in [-0.25, -0.2) is 0 Å². The molecular formula is C16H20ClN3O2. The van der Waals surface area contributed by atoms with Crippen LogP contribution >= 0.6 is 11.6 Å². The van der Waals surface area contributed by atoms with Crippen molar-refractivity contribution in [3.8, 4) is 11.4 Å². The Hall–Kier alpha value is -1.43. The van der Waals surface area contributed by atoms with Crippen LogP contribution in [0.25, 0.3) is 11.4 Å². The number of hydrogen-bond donors (Lipinski definition) is 0. The molecule has 0 spiro atoms. The van der Waals surface area contributed by atoms with Crippen molar-refractivity contribution >= 4 is 11.6 Å². The normalized spacial score (nSPS) is 22.9. The lowest BCUT2D eigenvalue weighted by atomic mass is 10.1. The Kier molecular flexibility index (Phi) is 4.76. The predicted octanol–water partition coefficient (Wildman–Crippen LogP) is 3.39. The highest BCUT2D eigenvalue weighted by atomic mass is 35.5. The summed E-state index contributed by atoms with van der Waals surface area (Å²) in [5.74, 6) is 1.23. The fraction of sp³-hybridized carbons (Fsp3) is 0.500. The molecule has 1 saturated heterocycles. The molecule has 0 aliphatic carbocycles. The monoisotopic (exact) mass is 321 g/mol. The van der Waals surface area contributed by atoms with Gasteiger partial charge >= 0.3 is 0 Å². The molecule has 0 saturated carbocycles. The molecule has 0 bridgehead atoms. The molecule has 1 fully saturated rings. The van der Waals surface area contributed by atoms with E-state index in [0.29, 0.717) is 29.3 Å². The van der Waals surface area contributed by atoms with Crippen molar-refractivity contribution in [2.75, 3.05) is 13.2 Å². The van der Waals surface area contributed by atoms with Crippen molar-refractivity contribution in [3.63, 3.8) is 0 Å². The molecule has 1 aliphatic rings. The van der Waals surface area contributed by atoms with Gasteiger partial charge in [0.25, 0.3) is 0 Å². The Morgan fingerprint density at radius 1 is 1.32 bits per heavy atom. The largest absolute Gasteiger partial charge is 0.376 e. The Labute approximate surface area is 135 Å². The van der Waals surface area contributed by atoms with Crippen molar-refractivity contribution in [2.24, 2.45) is 0 Å². The average molecular weight is 322 g/mol. The first-order valence-electron chi connectivity index (χ1n) is 7.60. The zero-order valence-corrected chi connectivity index (χ0v) is 13.6. The van der Waals surface area contributed by atoms with E-state index in [-0.39, 0.29) is 6.10 Å². The second-order valence-corrected chi connectivity index (χ2v) is 6.09. The molecule has 22 heavy (non-hydrogen) atoms. The van der Waals surface area contributed by atoms with Crippen LogP contribution in [0.4, 0.5) is 0 Å². The smallest absolute Gasteiger partial charge is 0.241 e. The zero-order valence-electron chi connectivity index (χ0n) is 12.8. The molecule has 118 valence electrons. The summed E-state index contributed by atoms with van der Waals surface area (Å²) in [5.41, 5.74) is 0.904. The molecule has 2 unspecified atom stereocenters. The van der Waals surface area contributed by atoms with Gasteiger partial charge in [0.2, 0.25) is 11.7 Å². The van der Waals surface area contributed by atoms with E-state index in [1.54, 1.807) is 0 Å². The van der Waals surface area contributed by atoms with E-state index in [1.165, 1.54) is 0 Å². The van der Waals surface area contributed by atoms with E-state index >= 15 is 0 Å². The number of ether oxygens (including phenoxy) is 1. The molecule has 5 nitrogen and oxygen atoms in total. The first-order valence-corrected chi connectivity index (χ1v) is 7.97. The Morgan fingerprint density at radius 2 is 2.09 bits per heavy atom. The van der Waals surface area contributed by atoms with Crippen molar-refractivity contribution in [1.29, 1.82) is 0 Å². The summed E-state index contributed by atoms with van der Waals surface area (Å²) in [7, 11) is 0. The first-order chi connectivity index (χ1) is 10.7. The third-order valence-electron chi connectivity index (χ3n) is 3.96. The minimum Gasteiger partial charge on any atom is -0.376 e. The molecule has 2 atom stereocenters. The maximum Gasteiger partial charge on any atom is 0.241 e. The summed E-state index contributed by atoms with van der Waals surface area (Å²) in [6.45, 7) is 6.57. The van der Waals surface area contributed by atoms with Crippen LogP contribution in [0.3, 0.4) is 0 Å². The SMILES string of the molecule is CCC1COC(C)CN1Cc1nc(-c2ccc(Cl)cc2)no1. The molecule has 0 radical (unpaired) electrons. The summed E-state index contributed by atoms with van der Waals surface area (Å²) in [4.78, 5) is 6.85. The van der Waals surface area contributed by atoms with Gasteiger partial charge in [-0.05, 0) is 37.6 Å². The average Bonchev–Trinajstić information content (AvgIpc) is 2.97. The van der Waals surface area contributed by atoms with Crippen molar-refractivity contribution in [1.82, 2.24) is 15.0 Å². The second-order valence-electron chi connectivity index (χ2n) is 5.65. The van der Waals surface area contributed by atoms with Gasteiger partial charge < -0.3 is 9.26 Å². The summed E-state index contributed by atoms with van der Waals surface area (Å²) >= 11 is 5.90. The Bertz CT molecular complexity index is 614. The van der Waals surface area contributed by atoms with Crippen molar-refractivity contribution < 1.29 is 9.26 Å². The van der Waals surface area contributed by atoms with Gasteiger partial charge in [-0.1, -0.05) is 23.7 Å². The Balaban J connectivity index is 1.72. The lowest BCUT2D eigenvalue weighted by molar-refractivity contribution is -0.0620. The molecule has 1 aromatic carbocycles. The third-order valence-corrected chi connectivity index (χ3v) is 4.21. The summed E-state index contributed by atoms with van der Waals surface area (Å²) in [5, 5.41) is 4.76. The Morgan fingerprint density at radius 3 is 2.82 bits per heavy atom. The van der Waals surface area contributed by atoms with Crippen LogP contribution in [0.5, 0.6) is 0 Å². The van der Waals surface area contributed by atoms with Crippen LogP contribution in [0.1, 0.15) is 26.2 Å². The standard InChI is InChI=1S/C16H20ClN3O2/c1-3-14-10-21-11(2)8-20(14)9-15-18-16(19-22-15)12-4-6-13(17)7-5-12/h4-7,11,14H,3,8-10H2,1-2H3. The number of halogens is 1. The quantitative estimate of drug-likeness (QED) is 0.864. The van der Waals surface area contributed by atoms with Crippen molar-refractivity contribution in [2.45, 2.75) is 39.0 Å².